The number of hydrogen-bond acceptors (Lipinski definition) is 8. The Morgan fingerprint density at radius 2 is 0.738 bits per heavy atom. The molecule has 0 bridgehead atoms. The standard InChI is InChI=1S/C15H10ClNO4.C14H8ClNO4.CH4/c16-12-13(17-10(18)6-3-7-11(17)19)15(21)9-5-2-1-4-8(9)14(12)20;15-11-12(16-9(17)5-6-10(16)18)14(20)8-4-2-1-3-7(8)13(11)19;/h1-2,4-5H,3,6-7H2;1-4H,5-6H2;1H4. The Hall–Kier alpha value is -4.54. The molecule has 4 aliphatic rings. The fourth-order valence-electron chi connectivity index (χ4n) is 4.89. The number of fused-ring (bicyclic) bond motifs is 2. The molecule has 10 nitrogen and oxygen atoms in total. The van der Waals surface area contributed by atoms with Crippen molar-refractivity contribution in [3.63, 3.8) is 0 Å². The second-order valence-electron chi connectivity index (χ2n) is 9.33. The van der Waals surface area contributed by atoms with Crippen LogP contribution in [0.4, 0.5) is 0 Å². The zero-order valence-electron chi connectivity index (χ0n) is 21.1. The second kappa shape index (κ2) is 11.8. The number of hydrogen-bond donors (Lipinski definition) is 0. The van der Waals surface area contributed by atoms with E-state index < -0.39 is 46.8 Å². The van der Waals surface area contributed by atoms with Crippen molar-refractivity contribution in [1.29, 1.82) is 0 Å². The Labute approximate surface area is 249 Å². The molecule has 0 saturated carbocycles. The first-order valence-corrected chi connectivity index (χ1v) is 13.2. The van der Waals surface area contributed by atoms with Gasteiger partial charge in [-0.2, -0.15) is 0 Å². The summed E-state index contributed by atoms with van der Waals surface area (Å²) in [5.41, 5.74) is 0.0638. The van der Waals surface area contributed by atoms with Crippen LogP contribution in [0, 0.1) is 0 Å². The smallest absolute Gasteiger partial charge is 0.234 e. The number of ketones is 4. The molecule has 2 heterocycles. The topological polar surface area (TPSA) is 143 Å². The maximum Gasteiger partial charge on any atom is 0.234 e. The molecular weight excluding hydrogens is 587 g/mol. The highest BCUT2D eigenvalue weighted by Gasteiger charge is 2.42. The molecule has 12 heteroatoms. The number of likely N-dealkylation sites (tertiary alicyclic amines) is 2. The first kappa shape index (κ1) is 30.4. The monoisotopic (exact) mass is 608 g/mol. The minimum Gasteiger partial charge on any atom is -0.287 e. The van der Waals surface area contributed by atoms with Gasteiger partial charge in [-0.15, -0.1) is 0 Å². The molecule has 2 aromatic rings. The minimum atomic E-state index is -0.575. The molecule has 0 spiro atoms. The van der Waals surface area contributed by atoms with E-state index >= 15 is 0 Å². The molecule has 0 atom stereocenters. The highest BCUT2D eigenvalue weighted by molar-refractivity contribution is 6.51. The molecular formula is C30H22Cl2N2O8. The molecule has 0 radical (unpaired) electrons. The largest absolute Gasteiger partial charge is 0.287 e. The molecule has 214 valence electrons. The molecule has 42 heavy (non-hydrogen) atoms. The third kappa shape index (κ3) is 4.93. The Bertz CT molecular complexity index is 1670. The SMILES string of the molecule is C.O=C1C(Cl)=C(N2C(=O)CCC2=O)C(=O)c2ccccc21.O=C1C(Cl)=C(N2C(=O)CCCC2=O)C(=O)c2ccccc21. The highest BCUT2D eigenvalue weighted by Crippen LogP contribution is 2.34. The van der Waals surface area contributed by atoms with E-state index in [0.717, 1.165) is 9.80 Å². The first-order chi connectivity index (χ1) is 19.5. The van der Waals surface area contributed by atoms with Gasteiger partial charge in [0.2, 0.25) is 46.8 Å². The van der Waals surface area contributed by atoms with Crippen molar-refractivity contribution in [2.75, 3.05) is 0 Å². The fraction of sp³-hybridized carbons (Fsp3) is 0.200. The predicted molar refractivity (Wildman–Crippen MR) is 149 cm³/mol. The zero-order chi connectivity index (χ0) is 29.6. The van der Waals surface area contributed by atoms with Crippen molar-refractivity contribution in [3.8, 4) is 0 Å². The van der Waals surface area contributed by atoms with Crippen molar-refractivity contribution in [2.24, 2.45) is 0 Å². The van der Waals surface area contributed by atoms with Gasteiger partial charge in [0.1, 0.15) is 21.5 Å². The molecule has 0 aromatic heterocycles. The van der Waals surface area contributed by atoms with Crippen molar-refractivity contribution in [2.45, 2.75) is 39.5 Å². The molecule has 6 rings (SSSR count). The summed E-state index contributed by atoms with van der Waals surface area (Å²) >= 11 is 11.9. The molecule has 2 fully saturated rings. The van der Waals surface area contributed by atoms with Crippen LogP contribution in [0.1, 0.15) is 81.0 Å². The van der Waals surface area contributed by atoms with Crippen LogP contribution in [-0.2, 0) is 19.2 Å². The van der Waals surface area contributed by atoms with Crippen LogP contribution >= 0.6 is 23.2 Å². The van der Waals surface area contributed by atoms with Gasteiger partial charge in [0, 0.05) is 47.9 Å². The van der Waals surface area contributed by atoms with Crippen molar-refractivity contribution < 1.29 is 38.4 Å². The Kier molecular flexibility index (Phi) is 8.51. The molecule has 2 aliphatic heterocycles. The maximum atomic E-state index is 12.5. The summed E-state index contributed by atoms with van der Waals surface area (Å²) in [6.45, 7) is 0. The number of carbonyl (C=O) groups is 8. The van der Waals surface area contributed by atoms with Gasteiger partial charge in [-0.1, -0.05) is 79.2 Å². The lowest BCUT2D eigenvalue weighted by molar-refractivity contribution is -0.145. The summed E-state index contributed by atoms with van der Waals surface area (Å²) in [6.07, 6.45) is 0.800. The predicted octanol–water partition coefficient (Wildman–Crippen LogP) is 4.36. The van der Waals surface area contributed by atoms with E-state index in [4.69, 9.17) is 23.2 Å². The van der Waals surface area contributed by atoms with Gasteiger partial charge in [0.15, 0.2) is 0 Å². The maximum absolute atomic E-state index is 12.5. The van der Waals surface area contributed by atoms with Crippen LogP contribution in [0.15, 0.2) is 70.0 Å². The number of carbonyl (C=O) groups excluding carboxylic acids is 8. The van der Waals surface area contributed by atoms with Crippen LogP contribution in [0.3, 0.4) is 0 Å². The van der Waals surface area contributed by atoms with Crippen LogP contribution < -0.4 is 0 Å². The number of nitrogens with zero attached hydrogens (tertiary/aromatic N) is 2. The quantitative estimate of drug-likeness (QED) is 0.458. The van der Waals surface area contributed by atoms with Crippen molar-refractivity contribution >= 4 is 70.0 Å². The summed E-state index contributed by atoms with van der Waals surface area (Å²) in [6, 6.07) is 12.4. The van der Waals surface area contributed by atoms with Gasteiger partial charge < -0.3 is 0 Å². The molecule has 4 amide bonds. The van der Waals surface area contributed by atoms with E-state index in [1.54, 1.807) is 24.3 Å². The summed E-state index contributed by atoms with van der Waals surface area (Å²) in [5, 5.41) is -0.750. The van der Waals surface area contributed by atoms with E-state index in [-0.39, 0.29) is 76.8 Å². The van der Waals surface area contributed by atoms with Crippen LogP contribution in [0.5, 0.6) is 0 Å². The van der Waals surface area contributed by atoms with Crippen molar-refractivity contribution in [3.05, 3.63) is 92.2 Å². The number of piperidine rings is 1. The highest BCUT2D eigenvalue weighted by atomic mass is 35.5. The Morgan fingerprint density at radius 3 is 1.07 bits per heavy atom. The van der Waals surface area contributed by atoms with Gasteiger partial charge >= 0.3 is 0 Å². The fourth-order valence-corrected chi connectivity index (χ4v) is 5.44. The zero-order valence-corrected chi connectivity index (χ0v) is 22.6. The van der Waals surface area contributed by atoms with Crippen molar-refractivity contribution in [1.82, 2.24) is 9.80 Å². The second-order valence-corrected chi connectivity index (χ2v) is 10.1. The van der Waals surface area contributed by atoms with Gasteiger partial charge in [0.05, 0.1) is 0 Å². The number of allylic oxidation sites excluding steroid dienone is 4. The minimum absolute atomic E-state index is 0. The lowest BCUT2D eigenvalue weighted by atomic mass is 9.91. The first-order valence-electron chi connectivity index (χ1n) is 12.4. The van der Waals surface area contributed by atoms with E-state index in [0.29, 0.717) is 6.42 Å². The molecule has 0 N–H and O–H groups in total. The van der Waals surface area contributed by atoms with Gasteiger partial charge in [-0.25, -0.2) is 9.80 Å². The third-order valence-corrected chi connectivity index (χ3v) is 7.56. The molecule has 2 saturated heterocycles. The van der Waals surface area contributed by atoms with Gasteiger partial charge in [0.25, 0.3) is 0 Å². The molecule has 2 aromatic carbocycles. The van der Waals surface area contributed by atoms with Gasteiger partial charge in [-0.05, 0) is 6.42 Å². The third-order valence-electron chi connectivity index (χ3n) is 6.86. The summed E-state index contributed by atoms with van der Waals surface area (Å²) in [5.74, 6) is -4.27. The summed E-state index contributed by atoms with van der Waals surface area (Å²) in [7, 11) is 0. The lowest BCUT2D eigenvalue weighted by Crippen LogP contribution is -2.43. The average molecular weight is 609 g/mol. The Morgan fingerprint density at radius 1 is 0.452 bits per heavy atom. The van der Waals surface area contributed by atoms with E-state index in [2.05, 4.69) is 0 Å². The normalized spacial score (nSPS) is 18.6. The number of amides is 4. The number of Topliss-reactive ketones (excluding diaryl/α,β-unsaturated/α-hetero) is 4. The molecule has 0 unspecified atom stereocenters. The summed E-state index contributed by atoms with van der Waals surface area (Å²) in [4.78, 5) is 98.2. The average Bonchev–Trinajstić information content (AvgIpc) is 3.30. The van der Waals surface area contributed by atoms with Gasteiger partial charge in [-0.3, -0.25) is 38.4 Å². The number of benzene rings is 2. The summed E-state index contributed by atoms with van der Waals surface area (Å²) < 4.78 is 0. The number of rotatable bonds is 2. The van der Waals surface area contributed by atoms with Crippen LogP contribution in [0.2, 0.25) is 0 Å². The van der Waals surface area contributed by atoms with E-state index in [1.807, 2.05) is 0 Å². The van der Waals surface area contributed by atoms with E-state index in [1.165, 1.54) is 24.3 Å². The van der Waals surface area contributed by atoms with E-state index in [9.17, 15) is 38.4 Å². The number of halogens is 2. The lowest BCUT2D eigenvalue weighted by Gasteiger charge is -2.29. The van der Waals surface area contributed by atoms with Crippen LogP contribution in [-0.4, -0.2) is 56.6 Å². The molecule has 2 aliphatic carbocycles. The number of imide groups is 2. The van der Waals surface area contributed by atoms with Crippen LogP contribution in [0.25, 0.3) is 0 Å². The Balaban J connectivity index is 0.000000189.